The van der Waals surface area contributed by atoms with Crippen molar-refractivity contribution in [1.29, 1.82) is 0 Å². The molecule has 254 valence electrons. The minimum Gasteiger partial charge on any atom is -0.310 e. The summed E-state index contributed by atoms with van der Waals surface area (Å²) in [5.41, 5.74) is 12.9. The Balaban J connectivity index is 1.23. The molecule has 0 saturated carbocycles. The molecule has 0 amide bonds. The third kappa shape index (κ3) is 5.65. The fourth-order valence-corrected chi connectivity index (χ4v) is 9.13. The minimum atomic E-state index is 1.10. The summed E-state index contributed by atoms with van der Waals surface area (Å²) in [6.45, 7) is 0. The average molecular weight is 706 g/mol. The first-order chi connectivity index (χ1) is 26.8. The van der Waals surface area contributed by atoms with E-state index in [4.69, 9.17) is 0 Å². The molecule has 0 atom stereocenters. The van der Waals surface area contributed by atoms with E-state index in [1.807, 2.05) is 11.3 Å². The number of thiophene rings is 1. The van der Waals surface area contributed by atoms with Crippen LogP contribution < -0.4 is 4.90 Å². The van der Waals surface area contributed by atoms with Gasteiger partial charge in [-0.3, -0.25) is 0 Å². The zero-order valence-corrected chi connectivity index (χ0v) is 30.4. The van der Waals surface area contributed by atoms with Crippen LogP contribution >= 0.6 is 11.3 Å². The number of fused-ring (bicyclic) bond motifs is 4. The van der Waals surface area contributed by atoms with Crippen LogP contribution in [0.2, 0.25) is 0 Å². The molecule has 0 radical (unpaired) electrons. The lowest BCUT2D eigenvalue weighted by Gasteiger charge is -2.30. The van der Waals surface area contributed by atoms with Crippen molar-refractivity contribution in [3.63, 3.8) is 0 Å². The van der Waals surface area contributed by atoms with Crippen LogP contribution in [0, 0.1) is 0 Å². The lowest BCUT2D eigenvalue weighted by Crippen LogP contribution is -2.12. The molecule has 0 aliphatic heterocycles. The highest BCUT2D eigenvalue weighted by atomic mass is 32.1. The molecule has 0 aliphatic carbocycles. The molecule has 2 heteroatoms. The second kappa shape index (κ2) is 13.7. The maximum absolute atomic E-state index is 2.46. The van der Waals surface area contributed by atoms with Crippen molar-refractivity contribution in [2.24, 2.45) is 0 Å². The highest BCUT2D eigenvalue weighted by Gasteiger charge is 2.23. The van der Waals surface area contributed by atoms with E-state index in [0.29, 0.717) is 0 Å². The van der Waals surface area contributed by atoms with E-state index < -0.39 is 0 Å². The van der Waals surface area contributed by atoms with Gasteiger partial charge in [-0.25, -0.2) is 0 Å². The molecule has 0 fully saturated rings. The van der Waals surface area contributed by atoms with Crippen molar-refractivity contribution in [3.8, 4) is 44.5 Å². The number of benzene rings is 9. The predicted octanol–water partition coefficient (Wildman–Crippen LogP) is 15.3. The maximum Gasteiger partial charge on any atom is 0.0546 e. The lowest BCUT2D eigenvalue weighted by molar-refractivity contribution is 1.29. The Morgan fingerprint density at radius 3 is 1.65 bits per heavy atom. The monoisotopic (exact) mass is 705 g/mol. The Hall–Kier alpha value is -6.74. The number of hydrogen-bond donors (Lipinski definition) is 0. The Morgan fingerprint density at radius 2 is 0.852 bits per heavy atom. The van der Waals surface area contributed by atoms with Crippen molar-refractivity contribution < 1.29 is 0 Å². The van der Waals surface area contributed by atoms with Crippen LogP contribution in [-0.2, 0) is 0 Å². The van der Waals surface area contributed by atoms with Gasteiger partial charge in [0.25, 0.3) is 0 Å². The van der Waals surface area contributed by atoms with E-state index in [-0.39, 0.29) is 0 Å². The third-order valence-electron chi connectivity index (χ3n) is 10.5. The van der Waals surface area contributed by atoms with Gasteiger partial charge < -0.3 is 4.90 Å². The molecule has 1 heterocycles. The van der Waals surface area contributed by atoms with E-state index in [2.05, 4.69) is 217 Å². The van der Waals surface area contributed by atoms with E-state index in [1.165, 1.54) is 75.5 Å². The number of anilines is 3. The van der Waals surface area contributed by atoms with Gasteiger partial charge in [0.2, 0.25) is 0 Å². The molecule has 0 spiro atoms. The summed E-state index contributed by atoms with van der Waals surface area (Å²) in [5, 5.41) is 5.10. The van der Waals surface area contributed by atoms with Gasteiger partial charge in [-0.1, -0.05) is 176 Å². The first-order valence-corrected chi connectivity index (χ1v) is 19.2. The standard InChI is InChI=1S/C52H35NS/c1-3-15-36(16-4-1)44-22-9-10-24-48(44)52-45(38-17-5-2-6-18-38)26-14-27-49(52)53(41-33-34-47-46-23-11-12-28-50(46)54-51(47)35-41)40-31-29-39(30-32-40)43-25-13-20-37-19-7-8-21-42(37)43/h1-35H. The van der Waals surface area contributed by atoms with E-state index in [0.717, 1.165) is 17.1 Å². The number of nitrogens with zero attached hydrogens (tertiary/aromatic N) is 1. The van der Waals surface area contributed by atoms with Crippen LogP contribution in [0.15, 0.2) is 212 Å². The second-order valence-electron chi connectivity index (χ2n) is 13.7. The quantitative estimate of drug-likeness (QED) is 0.160. The second-order valence-corrected chi connectivity index (χ2v) is 14.7. The van der Waals surface area contributed by atoms with Gasteiger partial charge in [0.15, 0.2) is 0 Å². The van der Waals surface area contributed by atoms with Crippen LogP contribution in [0.25, 0.3) is 75.5 Å². The van der Waals surface area contributed by atoms with Gasteiger partial charge in [0, 0.05) is 37.1 Å². The van der Waals surface area contributed by atoms with E-state index in [1.54, 1.807) is 0 Å². The summed E-state index contributed by atoms with van der Waals surface area (Å²) < 4.78 is 2.58. The molecule has 9 aromatic carbocycles. The molecule has 0 unspecified atom stereocenters. The molecule has 10 aromatic rings. The normalized spacial score (nSPS) is 11.3. The average Bonchev–Trinajstić information content (AvgIpc) is 3.62. The van der Waals surface area contributed by atoms with E-state index in [9.17, 15) is 0 Å². The van der Waals surface area contributed by atoms with Crippen LogP contribution in [0.4, 0.5) is 17.1 Å². The maximum atomic E-state index is 2.46. The first kappa shape index (κ1) is 32.0. The smallest absolute Gasteiger partial charge is 0.0546 e. The van der Waals surface area contributed by atoms with Gasteiger partial charge in [-0.2, -0.15) is 0 Å². The fourth-order valence-electron chi connectivity index (χ4n) is 7.99. The highest BCUT2D eigenvalue weighted by molar-refractivity contribution is 7.25. The Kier molecular flexibility index (Phi) is 8.09. The summed E-state index contributed by atoms with van der Waals surface area (Å²) in [7, 11) is 0. The number of rotatable bonds is 7. The summed E-state index contributed by atoms with van der Waals surface area (Å²) in [5.74, 6) is 0. The zero-order chi connectivity index (χ0) is 35.8. The fraction of sp³-hybridized carbons (Fsp3) is 0. The molecule has 1 aromatic heterocycles. The molecule has 54 heavy (non-hydrogen) atoms. The van der Waals surface area contributed by atoms with Gasteiger partial charge in [-0.05, 0) is 86.1 Å². The van der Waals surface area contributed by atoms with Crippen molar-refractivity contribution in [1.82, 2.24) is 0 Å². The summed E-state index contributed by atoms with van der Waals surface area (Å²) in [4.78, 5) is 2.46. The van der Waals surface area contributed by atoms with Crippen molar-refractivity contribution in [2.45, 2.75) is 0 Å². The lowest BCUT2D eigenvalue weighted by atomic mass is 9.87. The first-order valence-electron chi connectivity index (χ1n) is 18.4. The van der Waals surface area contributed by atoms with Crippen molar-refractivity contribution in [3.05, 3.63) is 212 Å². The number of hydrogen-bond acceptors (Lipinski definition) is 2. The van der Waals surface area contributed by atoms with Crippen molar-refractivity contribution in [2.75, 3.05) is 4.90 Å². The minimum absolute atomic E-state index is 1.10. The Bertz CT molecular complexity index is 2920. The van der Waals surface area contributed by atoms with Crippen LogP contribution in [0.3, 0.4) is 0 Å². The molecule has 0 saturated heterocycles. The summed E-state index contributed by atoms with van der Waals surface area (Å²) >= 11 is 1.86. The molecule has 10 rings (SSSR count). The zero-order valence-electron chi connectivity index (χ0n) is 29.6. The van der Waals surface area contributed by atoms with Gasteiger partial charge in [-0.15, -0.1) is 11.3 Å². The van der Waals surface area contributed by atoms with Crippen LogP contribution in [-0.4, -0.2) is 0 Å². The summed E-state index contributed by atoms with van der Waals surface area (Å²) in [6, 6.07) is 77.2. The largest absolute Gasteiger partial charge is 0.310 e. The van der Waals surface area contributed by atoms with E-state index >= 15 is 0 Å². The van der Waals surface area contributed by atoms with Gasteiger partial charge in [0.05, 0.1) is 5.69 Å². The Morgan fingerprint density at radius 1 is 0.315 bits per heavy atom. The SMILES string of the molecule is c1ccc(-c2ccccc2-c2c(-c3ccccc3)cccc2N(c2ccc(-c3cccc4ccccc34)cc2)c2ccc3c(c2)sc2ccccc23)cc1. The molecular formula is C52H35NS. The molecule has 0 bridgehead atoms. The molecular weight excluding hydrogens is 671 g/mol. The third-order valence-corrected chi connectivity index (χ3v) is 11.6. The Labute approximate surface area is 319 Å². The van der Waals surface area contributed by atoms with Gasteiger partial charge >= 0.3 is 0 Å². The van der Waals surface area contributed by atoms with Crippen LogP contribution in [0.5, 0.6) is 0 Å². The molecule has 1 nitrogen and oxygen atoms in total. The topological polar surface area (TPSA) is 3.24 Å². The molecule has 0 aliphatic rings. The van der Waals surface area contributed by atoms with Crippen molar-refractivity contribution >= 4 is 59.3 Å². The summed E-state index contributed by atoms with van der Waals surface area (Å²) in [6.07, 6.45) is 0. The van der Waals surface area contributed by atoms with Crippen LogP contribution in [0.1, 0.15) is 0 Å². The molecule has 0 N–H and O–H groups in total. The predicted molar refractivity (Wildman–Crippen MR) is 233 cm³/mol. The van der Waals surface area contributed by atoms with Gasteiger partial charge in [0.1, 0.15) is 0 Å². The highest BCUT2D eigenvalue weighted by Crippen LogP contribution is 2.49.